The molecule has 0 bridgehead atoms. The summed E-state index contributed by atoms with van der Waals surface area (Å²) in [7, 11) is 0. The summed E-state index contributed by atoms with van der Waals surface area (Å²) < 4.78 is 1.40. The summed E-state index contributed by atoms with van der Waals surface area (Å²) in [5, 5.41) is 16.8. The van der Waals surface area contributed by atoms with E-state index in [9.17, 15) is 9.90 Å². The zero-order valence-corrected chi connectivity index (χ0v) is 16.9. The molecule has 1 aliphatic rings. The Morgan fingerprint density at radius 3 is 2.48 bits per heavy atom. The normalized spacial score (nSPS) is 19.1. The highest BCUT2D eigenvalue weighted by molar-refractivity contribution is 6.10. The number of hydrogen-bond donors (Lipinski definition) is 1. The predicted octanol–water partition coefficient (Wildman–Crippen LogP) is 5.18. The van der Waals surface area contributed by atoms with Crippen LogP contribution in [0.2, 0.25) is 0 Å². The largest absolute Gasteiger partial charge is 0.477 e. The van der Waals surface area contributed by atoms with Crippen molar-refractivity contribution in [2.75, 3.05) is 0 Å². The number of carbonyl (C=O) groups is 1. The van der Waals surface area contributed by atoms with Gasteiger partial charge in [-0.3, -0.25) is 4.57 Å². The second kappa shape index (κ2) is 8.80. The van der Waals surface area contributed by atoms with Gasteiger partial charge in [0.1, 0.15) is 18.4 Å². The fourth-order valence-electron chi connectivity index (χ4n) is 3.50. The van der Waals surface area contributed by atoms with Crippen LogP contribution in [0.3, 0.4) is 0 Å². The summed E-state index contributed by atoms with van der Waals surface area (Å²) in [6.45, 7) is 10.6. The van der Waals surface area contributed by atoms with Crippen molar-refractivity contribution in [2.24, 2.45) is 5.41 Å². The van der Waals surface area contributed by atoms with Gasteiger partial charge in [0.05, 0.1) is 0 Å². The molecule has 2 rings (SSSR count). The van der Waals surface area contributed by atoms with E-state index in [0.717, 1.165) is 5.57 Å². The summed E-state index contributed by atoms with van der Waals surface area (Å²) in [6, 6.07) is 0. The van der Waals surface area contributed by atoms with Gasteiger partial charge in [0, 0.05) is 0 Å². The van der Waals surface area contributed by atoms with E-state index in [1.165, 1.54) is 47.6 Å². The number of aliphatic carboxylic acids is 1. The van der Waals surface area contributed by atoms with Crippen LogP contribution in [0.5, 0.6) is 0 Å². The Hall–Kier alpha value is -2.69. The minimum Gasteiger partial charge on any atom is -0.477 e. The Bertz CT molecular complexity index is 835. The van der Waals surface area contributed by atoms with Gasteiger partial charge < -0.3 is 5.11 Å². The lowest BCUT2D eigenvalue weighted by atomic mass is 9.72. The molecule has 1 aliphatic carbocycles. The summed E-state index contributed by atoms with van der Waals surface area (Å²) in [5.74, 6) is -1.01. The molecule has 144 valence electrons. The van der Waals surface area contributed by atoms with E-state index < -0.39 is 5.97 Å². The average molecular weight is 367 g/mol. The first-order valence-electron chi connectivity index (χ1n) is 9.25. The summed E-state index contributed by atoms with van der Waals surface area (Å²) in [5.41, 5.74) is 5.02. The van der Waals surface area contributed by atoms with E-state index in [4.69, 9.17) is 0 Å². The van der Waals surface area contributed by atoms with E-state index in [2.05, 4.69) is 43.1 Å². The average Bonchev–Trinajstić information content (AvgIpc) is 3.07. The second-order valence-corrected chi connectivity index (χ2v) is 7.74. The maximum atomic E-state index is 11.5. The van der Waals surface area contributed by atoms with Gasteiger partial charge in [0.15, 0.2) is 0 Å². The van der Waals surface area contributed by atoms with E-state index in [1.54, 1.807) is 13.0 Å². The van der Waals surface area contributed by atoms with Crippen molar-refractivity contribution in [1.29, 1.82) is 0 Å². The molecule has 1 heterocycles. The Morgan fingerprint density at radius 2 is 1.89 bits per heavy atom. The van der Waals surface area contributed by atoms with Crippen LogP contribution in [0, 0.1) is 5.41 Å². The third kappa shape index (κ3) is 5.39. The fraction of sp³-hybridized carbons (Fsp3) is 0.409. The molecule has 5 heteroatoms. The van der Waals surface area contributed by atoms with E-state index in [0.29, 0.717) is 5.57 Å². The zero-order valence-electron chi connectivity index (χ0n) is 16.9. The fourth-order valence-corrected chi connectivity index (χ4v) is 3.50. The minimum atomic E-state index is -1.01. The first-order chi connectivity index (χ1) is 12.7. The standard InChI is InChI=1S/C22H29N3O2/c1-16(11-12-19-17(2)10-7-13-22(19,4)5)8-6-9-18(3)20(21(26)27)25-14-23-24-15-25/h6,8-9,11-12,14-15H,7,10,13H2,1-5H3,(H,26,27). The van der Waals surface area contributed by atoms with Crippen LogP contribution in [0.25, 0.3) is 5.70 Å². The lowest BCUT2D eigenvalue weighted by Gasteiger charge is -2.32. The molecule has 1 aromatic heterocycles. The number of rotatable bonds is 6. The molecule has 5 nitrogen and oxygen atoms in total. The van der Waals surface area contributed by atoms with Gasteiger partial charge in [-0.15, -0.1) is 10.2 Å². The maximum absolute atomic E-state index is 11.5. The van der Waals surface area contributed by atoms with Crippen molar-refractivity contribution < 1.29 is 9.90 Å². The van der Waals surface area contributed by atoms with Crippen LogP contribution < -0.4 is 0 Å². The number of aromatic nitrogens is 3. The van der Waals surface area contributed by atoms with Gasteiger partial charge in [-0.05, 0) is 56.6 Å². The molecular weight excluding hydrogens is 338 g/mol. The Morgan fingerprint density at radius 1 is 1.22 bits per heavy atom. The molecule has 27 heavy (non-hydrogen) atoms. The van der Waals surface area contributed by atoms with Crippen LogP contribution in [-0.2, 0) is 4.79 Å². The second-order valence-electron chi connectivity index (χ2n) is 7.74. The molecule has 0 atom stereocenters. The van der Waals surface area contributed by atoms with Gasteiger partial charge >= 0.3 is 5.97 Å². The smallest absolute Gasteiger partial charge is 0.353 e. The quantitative estimate of drug-likeness (QED) is 0.556. The molecule has 0 radical (unpaired) electrons. The van der Waals surface area contributed by atoms with Gasteiger partial charge in [0.2, 0.25) is 0 Å². The first kappa shape index (κ1) is 20.6. The molecule has 0 saturated heterocycles. The van der Waals surface area contributed by atoms with E-state index in [-0.39, 0.29) is 11.1 Å². The first-order valence-corrected chi connectivity index (χ1v) is 9.25. The third-order valence-corrected chi connectivity index (χ3v) is 5.01. The van der Waals surface area contributed by atoms with E-state index in [1.807, 2.05) is 19.1 Å². The van der Waals surface area contributed by atoms with Gasteiger partial charge in [-0.2, -0.15) is 0 Å². The van der Waals surface area contributed by atoms with Crippen molar-refractivity contribution in [3.63, 3.8) is 0 Å². The Balaban J connectivity index is 2.17. The highest BCUT2D eigenvalue weighted by Gasteiger charge is 2.26. The lowest BCUT2D eigenvalue weighted by molar-refractivity contribution is -0.130. The third-order valence-electron chi connectivity index (χ3n) is 5.01. The predicted molar refractivity (Wildman–Crippen MR) is 109 cm³/mol. The molecular formula is C22H29N3O2. The topological polar surface area (TPSA) is 68.0 Å². The molecule has 0 fully saturated rings. The molecule has 0 amide bonds. The van der Waals surface area contributed by atoms with Crippen molar-refractivity contribution >= 4 is 11.7 Å². The Labute approximate surface area is 161 Å². The van der Waals surface area contributed by atoms with Crippen molar-refractivity contribution in [2.45, 2.75) is 53.9 Å². The molecule has 0 saturated carbocycles. The number of nitrogens with zero attached hydrogens (tertiary/aromatic N) is 3. The summed E-state index contributed by atoms with van der Waals surface area (Å²) in [6.07, 6.45) is 16.4. The Kier molecular flexibility index (Phi) is 6.72. The summed E-state index contributed by atoms with van der Waals surface area (Å²) >= 11 is 0. The van der Waals surface area contributed by atoms with Crippen LogP contribution in [0.1, 0.15) is 53.9 Å². The van der Waals surface area contributed by atoms with E-state index >= 15 is 0 Å². The molecule has 1 aromatic rings. The number of allylic oxidation sites excluding steroid dienone is 9. The van der Waals surface area contributed by atoms with Gasteiger partial charge in [-0.1, -0.05) is 55.4 Å². The number of carboxylic acid groups (broad SMARTS) is 1. The van der Waals surface area contributed by atoms with Gasteiger partial charge in [0.25, 0.3) is 0 Å². The van der Waals surface area contributed by atoms with Crippen molar-refractivity contribution in [1.82, 2.24) is 14.8 Å². The lowest BCUT2D eigenvalue weighted by Crippen LogP contribution is -2.19. The monoisotopic (exact) mass is 367 g/mol. The van der Waals surface area contributed by atoms with Crippen LogP contribution >= 0.6 is 0 Å². The highest BCUT2D eigenvalue weighted by Crippen LogP contribution is 2.40. The van der Waals surface area contributed by atoms with Crippen LogP contribution in [-0.4, -0.2) is 25.8 Å². The molecule has 0 unspecified atom stereocenters. The minimum absolute atomic E-state index is 0.141. The van der Waals surface area contributed by atoms with Crippen molar-refractivity contribution in [3.8, 4) is 0 Å². The highest BCUT2D eigenvalue weighted by atomic mass is 16.4. The number of carboxylic acids is 1. The molecule has 1 N–H and O–H groups in total. The van der Waals surface area contributed by atoms with Crippen molar-refractivity contribution in [3.05, 3.63) is 65.3 Å². The van der Waals surface area contributed by atoms with Gasteiger partial charge in [-0.25, -0.2) is 4.79 Å². The molecule has 0 aromatic carbocycles. The zero-order chi connectivity index (χ0) is 20.0. The molecule has 0 aliphatic heterocycles. The SMILES string of the molecule is CC(C=CC1=C(C)CCCC1(C)C)=CC=CC(C)=C(C(=O)O)n1cnnc1. The van der Waals surface area contributed by atoms with Crippen LogP contribution in [0.4, 0.5) is 0 Å². The van der Waals surface area contributed by atoms with Crippen LogP contribution in [0.15, 0.2) is 65.3 Å². The maximum Gasteiger partial charge on any atom is 0.353 e. The number of hydrogen-bond acceptors (Lipinski definition) is 3. The summed E-state index contributed by atoms with van der Waals surface area (Å²) in [4.78, 5) is 11.5. The molecule has 0 spiro atoms.